The first-order valence-corrected chi connectivity index (χ1v) is 4.98. The summed E-state index contributed by atoms with van der Waals surface area (Å²) >= 11 is 0. The van der Waals surface area contributed by atoms with Crippen LogP contribution in [0.1, 0.15) is 25.0 Å². The summed E-state index contributed by atoms with van der Waals surface area (Å²) in [6.45, 7) is 10.6. The van der Waals surface area contributed by atoms with Crippen molar-refractivity contribution in [3.8, 4) is 0 Å². The van der Waals surface area contributed by atoms with Gasteiger partial charge in [-0.15, -0.1) is 0 Å². The van der Waals surface area contributed by atoms with Crippen molar-refractivity contribution < 1.29 is 0 Å². The van der Waals surface area contributed by atoms with Gasteiger partial charge in [0.1, 0.15) is 0 Å². The van der Waals surface area contributed by atoms with Crippen molar-refractivity contribution >= 4 is 0 Å². The number of aryl methyl sites for hydroxylation is 1. The lowest BCUT2D eigenvalue weighted by atomic mass is 9.91. The quantitative estimate of drug-likeness (QED) is 0.658. The van der Waals surface area contributed by atoms with Gasteiger partial charge in [-0.3, -0.25) is 0 Å². The largest absolute Gasteiger partial charge is 0.0622 e. The highest BCUT2D eigenvalue weighted by Crippen LogP contribution is 2.16. The first-order valence-electron chi connectivity index (χ1n) is 4.98. The molecule has 1 aromatic carbocycles. The Bertz CT molecular complexity index is 243. The van der Waals surface area contributed by atoms with E-state index in [1.54, 1.807) is 0 Å². The Kier molecular flexibility index (Phi) is 3.53. The number of rotatable bonds is 3. The molecule has 2 unspecified atom stereocenters. The Morgan fingerprint density at radius 1 is 1.15 bits per heavy atom. The molecule has 0 amide bonds. The Hall–Kier alpha value is -0.780. The standard InChI is InChI=1S/C13H19/c1-10(2)12(4)9-13-7-5-11(3)6-8-13/h5-8,10,12H,1,9H2,2-4H3. The zero-order valence-electron chi connectivity index (χ0n) is 8.88. The van der Waals surface area contributed by atoms with Crippen LogP contribution in [0.2, 0.25) is 0 Å². The molecular formula is C13H19. The molecule has 0 heteroatoms. The first-order chi connectivity index (χ1) is 6.09. The van der Waals surface area contributed by atoms with Crippen molar-refractivity contribution in [3.05, 3.63) is 42.3 Å². The molecular weight excluding hydrogens is 156 g/mol. The predicted octanol–water partition coefficient (Wildman–Crippen LogP) is 3.64. The van der Waals surface area contributed by atoms with E-state index in [0.717, 1.165) is 6.42 Å². The molecule has 0 saturated heterocycles. The topological polar surface area (TPSA) is 0 Å². The van der Waals surface area contributed by atoms with Crippen molar-refractivity contribution in [3.63, 3.8) is 0 Å². The van der Waals surface area contributed by atoms with Crippen LogP contribution in [0.15, 0.2) is 24.3 Å². The predicted molar refractivity (Wildman–Crippen MR) is 58.6 cm³/mol. The molecule has 0 aliphatic heterocycles. The Morgan fingerprint density at radius 2 is 1.69 bits per heavy atom. The van der Waals surface area contributed by atoms with Gasteiger partial charge in [-0.2, -0.15) is 0 Å². The molecule has 2 atom stereocenters. The molecule has 0 saturated carbocycles. The van der Waals surface area contributed by atoms with Crippen LogP contribution < -0.4 is 0 Å². The summed E-state index contributed by atoms with van der Waals surface area (Å²) in [7, 11) is 0. The molecule has 71 valence electrons. The Balaban J connectivity index is 2.59. The van der Waals surface area contributed by atoms with Gasteiger partial charge in [-0.05, 0) is 30.7 Å². The summed E-state index contributed by atoms with van der Waals surface area (Å²) < 4.78 is 0. The molecule has 1 radical (unpaired) electrons. The third-order valence-electron chi connectivity index (χ3n) is 2.65. The number of hydrogen-bond donors (Lipinski definition) is 0. The molecule has 0 spiro atoms. The zero-order valence-corrected chi connectivity index (χ0v) is 8.88. The maximum Gasteiger partial charge on any atom is -0.0250 e. The van der Waals surface area contributed by atoms with E-state index in [2.05, 4.69) is 52.0 Å². The zero-order chi connectivity index (χ0) is 9.84. The second-order valence-electron chi connectivity index (χ2n) is 4.14. The molecule has 0 bridgehead atoms. The van der Waals surface area contributed by atoms with E-state index in [1.807, 2.05) is 0 Å². The lowest BCUT2D eigenvalue weighted by Crippen LogP contribution is -2.07. The van der Waals surface area contributed by atoms with E-state index in [1.165, 1.54) is 11.1 Å². The highest BCUT2D eigenvalue weighted by molar-refractivity contribution is 5.21. The average Bonchev–Trinajstić information content (AvgIpc) is 2.08. The van der Waals surface area contributed by atoms with Crippen LogP contribution in [0.25, 0.3) is 0 Å². The number of benzene rings is 1. The normalized spacial score (nSPS) is 13.3. The summed E-state index contributed by atoms with van der Waals surface area (Å²) in [5.41, 5.74) is 2.76. The van der Waals surface area contributed by atoms with Crippen LogP contribution in [0, 0.1) is 25.7 Å². The van der Waals surface area contributed by atoms with Gasteiger partial charge in [-0.25, -0.2) is 0 Å². The van der Waals surface area contributed by atoms with Crippen molar-refractivity contribution in [1.82, 2.24) is 0 Å². The van der Waals surface area contributed by atoms with Gasteiger partial charge in [0.15, 0.2) is 0 Å². The lowest BCUT2D eigenvalue weighted by Gasteiger charge is -2.15. The maximum atomic E-state index is 4.05. The van der Waals surface area contributed by atoms with Crippen molar-refractivity contribution in [2.24, 2.45) is 11.8 Å². The van der Waals surface area contributed by atoms with Gasteiger partial charge in [0.05, 0.1) is 0 Å². The van der Waals surface area contributed by atoms with E-state index in [4.69, 9.17) is 0 Å². The van der Waals surface area contributed by atoms with E-state index < -0.39 is 0 Å². The third kappa shape index (κ3) is 3.22. The molecule has 0 heterocycles. The fraction of sp³-hybridized carbons (Fsp3) is 0.462. The smallest absolute Gasteiger partial charge is 0.0250 e. The van der Waals surface area contributed by atoms with Crippen molar-refractivity contribution in [2.75, 3.05) is 0 Å². The van der Waals surface area contributed by atoms with Crippen LogP contribution in [-0.2, 0) is 6.42 Å². The van der Waals surface area contributed by atoms with Gasteiger partial charge < -0.3 is 0 Å². The van der Waals surface area contributed by atoms with Crippen LogP contribution in [0.4, 0.5) is 0 Å². The Labute approximate surface area is 82.0 Å². The van der Waals surface area contributed by atoms with Crippen molar-refractivity contribution in [1.29, 1.82) is 0 Å². The summed E-state index contributed by atoms with van der Waals surface area (Å²) in [6, 6.07) is 8.79. The van der Waals surface area contributed by atoms with Gasteiger partial charge in [0.2, 0.25) is 0 Å². The maximum absolute atomic E-state index is 4.05. The minimum Gasteiger partial charge on any atom is -0.0622 e. The second-order valence-corrected chi connectivity index (χ2v) is 4.14. The minimum absolute atomic E-state index is 0.529. The van der Waals surface area contributed by atoms with Gasteiger partial charge in [0, 0.05) is 0 Å². The van der Waals surface area contributed by atoms with Gasteiger partial charge in [0.25, 0.3) is 0 Å². The fourth-order valence-corrected chi connectivity index (χ4v) is 1.30. The number of hydrogen-bond acceptors (Lipinski definition) is 0. The molecule has 0 aromatic heterocycles. The van der Waals surface area contributed by atoms with Gasteiger partial charge >= 0.3 is 0 Å². The summed E-state index contributed by atoms with van der Waals surface area (Å²) in [4.78, 5) is 0. The van der Waals surface area contributed by atoms with E-state index in [-0.39, 0.29) is 0 Å². The van der Waals surface area contributed by atoms with Crippen LogP contribution in [0.3, 0.4) is 0 Å². The first kappa shape index (κ1) is 10.3. The third-order valence-corrected chi connectivity index (χ3v) is 2.65. The SMILES string of the molecule is [CH2]C(C)C(C)Cc1ccc(C)cc1. The highest BCUT2D eigenvalue weighted by Gasteiger charge is 2.07. The van der Waals surface area contributed by atoms with Gasteiger partial charge in [-0.1, -0.05) is 50.6 Å². The molecule has 0 N–H and O–H groups in total. The average molecular weight is 175 g/mol. The molecule has 0 aliphatic rings. The van der Waals surface area contributed by atoms with Crippen molar-refractivity contribution in [2.45, 2.75) is 27.2 Å². The fourth-order valence-electron chi connectivity index (χ4n) is 1.30. The van der Waals surface area contributed by atoms with E-state index in [0.29, 0.717) is 11.8 Å². The molecule has 0 fully saturated rings. The Morgan fingerprint density at radius 3 is 2.15 bits per heavy atom. The molecule has 1 rings (SSSR count). The van der Waals surface area contributed by atoms with Crippen LogP contribution >= 0.6 is 0 Å². The summed E-state index contributed by atoms with van der Waals surface area (Å²) in [5, 5.41) is 0. The molecule has 0 aliphatic carbocycles. The lowest BCUT2D eigenvalue weighted by molar-refractivity contribution is 0.455. The van der Waals surface area contributed by atoms with E-state index >= 15 is 0 Å². The molecule has 13 heavy (non-hydrogen) atoms. The van der Waals surface area contributed by atoms with Crippen LogP contribution in [-0.4, -0.2) is 0 Å². The highest BCUT2D eigenvalue weighted by atomic mass is 14.1. The summed E-state index contributed by atoms with van der Waals surface area (Å²) in [5.74, 6) is 1.20. The second kappa shape index (κ2) is 4.45. The molecule has 1 aromatic rings. The molecule has 0 nitrogen and oxygen atoms in total. The van der Waals surface area contributed by atoms with E-state index in [9.17, 15) is 0 Å². The monoisotopic (exact) mass is 175 g/mol. The van der Waals surface area contributed by atoms with Crippen LogP contribution in [0.5, 0.6) is 0 Å². The summed E-state index contributed by atoms with van der Waals surface area (Å²) in [6.07, 6.45) is 1.14. The minimum atomic E-state index is 0.529.